The molecule has 1 amide bonds. The Bertz CT molecular complexity index is 1120. The molecule has 3 aromatic rings. The number of pyridine rings is 1. The number of hydrogen-bond acceptors (Lipinski definition) is 5. The first-order valence-electron chi connectivity index (χ1n) is 12.0. The Kier molecular flexibility index (Phi) is 6.50. The van der Waals surface area contributed by atoms with E-state index in [0.29, 0.717) is 24.2 Å². The van der Waals surface area contributed by atoms with Gasteiger partial charge in [0.25, 0.3) is 5.91 Å². The maximum atomic E-state index is 12.7. The predicted octanol–water partition coefficient (Wildman–Crippen LogP) is 4.69. The van der Waals surface area contributed by atoms with E-state index in [1.165, 1.54) is 12.8 Å². The molecule has 2 aromatic carbocycles. The van der Waals surface area contributed by atoms with Crippen molar-refractivity contribution in [2.75, 3.05) is 14.2 Å². The highest BCUT2D eigenvalue weighted by atomic mass is 16.5. The highest BCUT2D eigenvalue weighted by molar-refractivity contribution is 5.94. The molecule has 5 rings (SSSR count). The fourth-order valence-corrected chi connectivity index (χ4v) is 5.12. The second kappa shape index (κ2) is 9.85. The molecule has 6 heteroatoms. The normalized spacial score (nSPS) is 21.8. The third kappa shape index (κ3) is 4.92. The number of benzene rings is 2. The molecule has 1 N–H and O–H groups in total. The first-order chi connectivity index (χ1) is 16.6. The molecule has 176 valence electrons. The molecule has 2 atom stereocenters. The lowest BCUT2D eigenvalue weighted by Crippen LogP contribution is -2.43. The van der Waals surface area contributed by atoms with Crippen LogP contribution in [0.15, 0.2) is 66.9 Å². The number of aromatic nitrogens is 1. The Hall–Kier alpha value is -3.38. The summed E-state index contributed by atoms with van der Waals surface area (Å²) in [6.45, 7) is 0.439. The lowest BCUT2D eigenvalue weighted by Gasteiger charge is -2.36. The SMILES string of the molecule is COc1ccc(-c2ccc(C(=O)NCc3cccc(OC4CC5CCC(C4)N5C)c3)cn2)cc1. The largest absolute Gasteiger partial charge is 0.497 e. The Morgan fingerprint density at radius 1 is 1.03 bits per heavy atom. The van der Waals surface area contributed by atoms with E-state index in [9.17, 15) is 4.79 Å². The van der Waals surface area contributed by atoms with Crippen LogP contribution in [0, 0.1) is 0 Å². The number of rotatable bonds is 7. The Labute approximate surface area is 200 Å². The van der Waals surface area contributed by atoms with E-state index < -0.39 is 0 Å². The average Bonchev–Trinajstić information content (AvgIpc) is 3.07. The summed E-state index contributed by atoms with van der Waals surface area (Å²) in [7, 11) is 3.88. The molecule has 34 heavy (non-hydrogen) atoms. The van der Waals surface area contributed by atoms with Gasteiger partial charge in [0.15, 0.2) is 0 Å². The number of ether oxygens (including phenoxy) is 2. The lowest BCUT2D eigenvalue weighted by molar-refractivity contribution is 0.0661. The van der Waals surface area contributed by atoms with E-state index in [-0.39, 0.29) is 12.0 Å². The van der Waals surface area contributed by atoms with Crippen LogP contribution >= 0.6 is 0 Å². The van der Waals surface area contributed by atoms with Crippen LogP contribution in [-0.4, -0.2) is 48.1 Å². The van der Waals surface area contributed by atoms with Gasteiger partial charge in [0, 0.05) is 30.4 Å². The van der Waals surface area contributed by atoms with Crippen LogP contribution in [0.25, 0.3) is 11.3 Å². The lowest BCUT2D eigenvalue weighted by atomic mass is 10.0. The topological polar surface area (TPSA) is 63.7 Å². The van der Waals surface area contributed by atoms with Gasteiger partial charge in [-0.05, 0) is 86.8 Å². The second-order valence-corrected chi connectivity index (χ2v) is 9.25. The summed E-state index contributed by atoms with van der Waals surface area (Å²) in [5.41, 5.74) is 3.34. The van der Waals surface area contributed by atoms with Gasteiger partial charge in [0.2, 0.25) is 0 Å². The maximum absolute atomic E-state index is 12.7. The van der Waals surface area contributed by atoms with Gasteiger partial charge in [0.05, 0.1) is 18.4 Å². The van der Waals surface area contributed by atoms with E-state index in [1.807, 2.05) is 54.6 Å². The number of fused-ring (bicyclic) bond motifs is 2. The molecule has 3 heterocycles. The molecule has 0 saturated carbocycles. The third-order valence-corrected chi connectivity index (χ3v) is 7.12. The molecule has 6 nitrogen and oxygen atoms in total. The third-order valence-electron chi connectivity index (χ3n) is 7.12. The first-order valence-corrected chi connectivity index (χ1v) is 12.0. The van der Waals surface area contributed by atoms with Gasteiger partial charge in [0.1, 0.15) is 17.6 Å². The van der Waals surface area contributed by atoms with Gasteiger partial charge in [-0.15, -0.1) is 0 Å². The zero-order chi connectivity index (χ0) is 23.5. The van der Waals surface area contributed by atoms with E-state index in [4.69, 9.17) is 9.47 Å². The molecule has 1 aromatic heterocycles. The van der Waals surface area contributed by atoms with Gasteiger partial charge < -0.3 is 19.7 Å². The minimum Gasteiger partial charge on any atom is -0.497 e. The van der Waals surface area contributed by atoms with Crippen LogP contribution in [-0.2, 0) is 6.54 Å². The average molecular weight is 458 g/mol. The first kappa shape index (κ1) is 22.4. The van der Waals surface area contributed by atoms with Crippen molar-refractivity contribution in [3.05, 3.63) is 78.0 Å². The van der Waals surface area contributed by atoms with Crippen molar-refractivity contribution in [1.82, 2.24) is 15.2 Å². The Balaban J connectivity index is 1.16. The van der Waals surface area contributed by atoms with Crippen molar-refractivity contribution >= 4 is 5.91 Å². The smallest absolute Gasteiger partial charge is 0.253 e. The maximum Gasteiger partial charge on any atom is 0.253 e. The fraction of sp³-hybridized carbons (Fsp3) is 0.357. The quantitative estimate of drug-likeness (QED) is 0.558. The van der Waals surface area contributed by atoms with E-state index >= 15 is 0 Å². The predicted molar refractivity (Wildman–Crippen MR) is 132 cm³/mol. The molecule has 2 saturated heterocycles. The van der Waals surface area contributed by atoms with Crippen LogP contribution in [0.3, 0.4) is 0 Å². The summed E-state index contributed by atoms with van der Waals surface area (Å²) in [6, 6.07) is 20.7. The number of carbonyl (C=O) groups excluding carboxylic acids is 1. The van der Waals surface area contributed by atoms with Crippen molar-refractivity contribution in [2.45, 2.75) is 50.4 Å². The van der Waals surface area contributed by atoms with Gasteiger partial charge in [-0.25, -0.2) is 0 Å². The summed E-state index contributed by atoms with van der Waals surface area (Å²) in [5.74, 6) is 1.53. The van der Waals surface area contributed by atoms with Crippen LogP contribution in [0.1, 0.15) is 41.6 Å². The Morgan fingerprint density at radius 2 is 1.79 bits per heavy atom. The van der Waals surface area contributed by atoms with Crippen LogP contribution in [0.2, 0.25) is 0 Å². The monoisotopic (exact) mass is 457 g/mol. The number of piperidine rings is 1. The zero-order valence-corrected chi connectivity index (χ0v) is 19.7. The van der Waals surface area contributed by atoms with Crippen LogP contribution in [0.4, 0.5) is 0 Å². The molecular weight excluding hydrogens is 426 g/mol. The summed E-state index contributed by atoms with van der Waals surface area (Å²) in [6.07, 6.45) is 6.63. The molecular formula is C28H31N3O3. The van der Waals surface area contributed by atoms with Gasteiger partial charge in [-0.3, -0.25) is 9.78 Å². The minimum absolute atomic E-state index is 0.146. The zero-order valence-electron chi connectivity index (χ0n) is 19.7. The minimum atomic E-state index is -0.146. The molecule has 2 fully saturated rings. The summed E-state index contributed by atoms with van der Waals surface area (Å²) >= 11 is 0. The fourth-order valence-electron chi connectivity index (χ4n) is 5.12. The number of nitrogens with zero attached hydrogens (tertiary/aromatic N) is 2. The van der Waals surface area contributed by atoms with E-state index in [1.54, 1.807) is 19.4 Å². The Morgan fingerprint density at radius 3 is 2.47 bits per heavy atom. The van der Waals surface area contributed by atoms with Gasteiger partial charge in [-0.1, -0.05) is 12.1 Å². The van der Waals surface area contributed by atoms with Crippen molar-refractivity contribution < 1.29 is 14.3 Å². The molecule has 0 radical (unpaired) electrons. The van der Waals surface area contributed by atoms with E-state index in [0.717, 1.165) is 41.2 Å². The molecule has 2 aliphatic rings. The van der Waals surface area contributed by atoms with Crippen molar-refractivity contribution in [1.29, 1.82) is 0 Å². The summed E-state index contributed by atoms with van der Waals surface area (Å²) < 4.78 is 11.5. The van der Waals surface area contributed by atoms with Crippen molar-refractivity contribution in [3.8, 4) is 22.8 Å². The van der Waals surface area contributed by atoms with Crippen molar-refractivity contribution in [3.63, 3.8) is 0 Å². The molecule has 0 aliphatic carbocycles. The highest BCUT2D eigenvalue weighted by Gasteiger charge is 2.39. The molecule has 2 bridgehead atoms. The number of hydrogen-bond donors (Lipinski definition) is 1. The molecule has 2 unspecified atom stereocenters. The number of methoxy groups -OCH3 is 1. The number of carbonyl (C=O) groups is 1. The number of nitrogens with one attached hydrogen (secondary N) is 1. The summed E-state index contributed by atoms with van der Waals surface area (Å²) in [4.78, 5) is 19.6. The van der Waals surface area contributed by atoms with E-state index in [2.05, 4.69) is 22.2 Å². The van der Waals surface area contributed by atoms with Gasteiger partial charge in [-0.2, -0.15) is 0 Å². The standard InChI is InChI=1S/C28H31N3O3/c1-31-22-9-10-23(31)16-26(15-22)34-25-5-3-4-19(14-25)17-30-28(32)21-8-13-27(29-18-21)20-6-11-24(33-2)12-7-20/h3-8,11-14,18,22-23,26H,9-10,15-17H2,1-2H3,(H,30,32). The second-order valence-electron chi connectivity index (χ2n) is 9.25. The van der Waals surface area contributed by atoms with Gasteiger partial charge >= 0.3 is 0 Å². The summed E-state index contributed by atoms with van der Waals surface area (Å²) in [5, 5.41) is 2.99. The number of amides is 1. The molecule has 2 aliphatic heterocycles. The molecule has 0 spiro atoms. The van der Waals surface area contributed by atoms with Crippen molar-refractivity contribution in [2.24, 2.45) is 0 Å². The van der Waals surface area contributed by atoms with Crippen LogP contribution < -0.4 is 14.8 Å². The highest BCUT2D eigenvalue weighted by Crippen LogP contribution is 2.36. The van der Waals surface area contributed by atoms with Crippen LogP contribution in [0.5, 0.6) is 11.5 Å².